The standard InChI is InChI=1S/C2H3BrClF/c3-2(5)1-4/h2H,1H2. The van der Waals surface area contributed by atoms with Gasteiger partial charge < -0.3 is 0 Å². The minimum absolute atomic E-state index is 0.0278. The van der Waals surface area contributed by atoms with Gasteiger partial charge in [-0.3, -0.25) is 0 Å². The number of hydrogen-bond donors (Lipinski definition) is 0. The molecule has 0 saturated carbocycles. The van der Waals surface area contributed by atoms with Crippen LogP contribution in [0, 0.1) is 0 Å². The molecule has 0 saturated heterocycles. The summed E-state index contributed by atoms with van der Waals surface area (Å²) in [7, 11) is 0. The molecule has 0 fully saturated rings. The molecule has 3 heteroatoms. The van der Waals surface area contributed by atoms with Gasteiger partial charge in [0.25, 0.3) is 0 Å². The van der Waals surface area contributed by atoms with Gasteiger partial charge in [-0.15, -0.1) is 11.6 Å². The first-order valence-electron chi connectivity index (χ1n) is 1.11. The van der Waals surface area contributed by atoms with Gasteiger partial charge in [-0.2, -0.15) is 0 Å². The summed E-state index contributed by atoms with van der Waals surface area (Å²) in [5.74, 6) is 0.0278. The van der Waals surface area contributed by atoms with Gasteiger partial charge in [0.05, 0.1) is 5.88 Å². The predicted octanol–water partition coefficient (Wildman–Crippen LogP) is 1.92. The van der Waals surface area contributed by atoms with Crippen molar-refractivity contribution >= 4 is 27.5 Å². The van der Waals surface area contributed by atoms with Crippen molar-refractivity contribution in [1.82, 2.24) is 0 Å². The molecule has 0 heterocycles. The molecule has 0 N–H and O–H groups in total. The van der Waals surface area contributed by atoms with E-state index in [0.29, 0.717) is 0 Å². The molecule has 0 rings (SSSR count). The Morgan fingerprint density at radius 2 is 2.20 bits per heavy atom. The van der Waals surface area contributed by atoms with E-state index in [4.69, 9.17) is 11.6 Å². The smallest absolute Gasteiger partial charge is 0.168 e. The van der Waals surface area contributed by atoms with Gasteiger partial charge in [0.1, 0.15) is 0 Å². The molecule has 1 unspecified atom stereocenters. The Balaban J connectivity index is 2.54. The topological polar surface area (TPSA) is 0 Å². The van der Waals surface area contributed by atoms with Crippen LogP contribution in [0.15, 0.2) is 0 Å². The number of halogens is 3. The van der Waals surface area contributed by atoms with Crippen molar-refractivity contribution < 1.29 is 4.39 Å². The Labute approximate surface area is 43.4 Å². The Hall–Kier alpha value is 0.700. The van der Waals surface area contributed by atoms with E-state index in [1.807, 2.05) is 0 Å². The molecule has 0 amide bonds. The highest BCUT2D eigenvalue weighted by Crippen LogP contribution is 2.00. The average Bonchev–Trinajstić information content (AvgIpc) is 1.38. The summed E-state index contributed by atoms with van der Waals surface area (Å²) < 4.78 is 11.2. The van der Waals surface area contributed by atoms with Gasteiger partial charge >= 0.3 is 0 Å². The van der Waals surface area contributed by atoms with Crippen LogP contribution in [-0.4, -0.2) is 11.0 Å². The number of hydrogen-bond acceptors (Lipinski definition) is 0. The highest BCUT2D eigenvalue weighted by Gasteiger charge is 1.90. The largest absolute Gasteiger partial charge is 0.234 e. The molecular formula is C2H3BrClF. The van der Waals surface area contributed by atoms with Gasteiger partial charge in [-0.25, -0.2) is 4.39 Å². The van der Waals surface area contributed by atoms with E-state index >= 15 is 0 Å². The SMILES string of the molecule is FC(Br)CCl. The fourth-order valence-electron chi connectivity index (χ4n) is 0. The zero-order valence-electron chi connectivity index (χ0n) is 2.42. The van der Waals surface area contributed by atoms with Crippen LogP contribution in [0.4, 0.5) is 4.39 Å². The summed E-state index contributed by atoms with van der Waals surface area (Å²) >= 11 is 7.49. The van der Waals surface area contributed by atoms with E-state index in [1.165, 1.54) is 0 Å². The van der Waals surface area contributed by atoms with Crippen molar-refractivity contribution in [3.8, 4) is 0 Å². The average molecular weight is 161 g/mol. The molecule has 0 radical (unpaired) electrons. The molecule has 0 aromatic rings. The first-order valence-corrected chi connectivity index (χ1v) is 2.56. The minimum atomic E-state index is -1.04. The highest BCUT2D eigenvalue weighted by atomic mass is 79.9. The molecule has 0 aromatic heterocycles. The maximum Gasteiger partial charge on any atom is 0.168 e. The lowest BCUT2D eigenvalue weighted by molar-refractivity contribution is 0.496. The second-order valence-corrected chi connectivity index (χ2v) is 1.85. The summed E-state index contributed by atoms with van der Waals surface area (Å²) in [6, 6.07) is 0. The lowest BCUT2D eigenvalue weighted by Crippen LogP contribution is -1.83. The predicted molar refractivity (Wildman–Crippen MR) is 24.5 cm³/mol. The lowest BCUT2D eigenvalue weighted by atomic mass is 10.9. The lowest BCUT2D eigenvalue weighted by Gasteiger charge is -1.81. The first kappa shape index (κ1) is 5.70. The van der Waals surface area contributed by atoms with Gasteiger partial charge in [0, 0.05) is 0 Å². The van der Waals surface area contributed by atoms with E-state index in [-0.39, 0.29) is 5.88 Å². The van der Waals surface area contributed by atoms with Gasteiger partial charge in [0.2, 0.25) is 0 Å². The molecule has 0 aromatic carbocycles. The normalized spacial score (nSPS) is 15.0. The molecule has 0 aliphatic heterocycles. The highest BCUT2D eigenvalue weighted by molar-refractivity contribution is 9.09. The summed E-state index contributed by atoms with van der Waals surface area (Å²) in [6.45, 7) is 0. The first-order chi connectivity index (χ1) is 2.27. The van der Waals surface area contributed by atoms with Crippen LogP contribution in [0.25, 0.3) is 0 Å². The quantitative estimate of drug-likeness (QED) is 0.516. The van der Waals surface area contributed by atoms with Crippen LogP contribution in [0.1, 0.15) is 0 Å². The monoisotopic (exact) mass is 160 g/mol. The molecule has 0 aliphatic carbocycles. The fraction of sp³-hybridized carbons (Fsp3) is 1.00. The van der Waals surface area contributed by atoms with Crippen LogP contribution >= 0.6 is 27.5 Å². The van der Waals surface area contributed by atoms with Crippen LogP contribution < -0.4 is 0 Å². The molecule has 32 valence electrons. The van der Waals surface area contributed by atoms with Gasteiger partial charge in [-0.05, 0) is 0 Å². The number of rotatable bonds is 1. The second-order valence-electron chi connectivity index (χ2n) is 0.545. The van der Waals surface area contributed by atoms with E-state index < -0.39 is 5.08 Å². The third kappa shape index (κ3) is 4.70. The van der Waals surface area contributed by atoms with Crippen molar-refractivity contribution in [1.29, 1.82) is 0 Å². The zero-order chi connectivity index (χ0) is 4.28. The molecule has 5 heavy (non-hydrogen) atoms. The van der Waals surface area contributed by atoms with Crippen molar-refractivity contribution in [3.63, 3.8) is 0 Å². The third-order valence-electron chi connectivity index (χ3n) is 0.117. The zero-order valence-corrected chi connectivity index (χ0v) is 4.76. The summed E-state index contributed by atoms with van der Waals surface area (Å²) in [5.41, 5.74) is 0. The van der Waals surface area contributed by atoms with E-state index in [0.717, 1.165) is 0 Å². The molecule has 0 nitrogen and oxygen atoms in total. The van der Waals surface area contributed by atoms with E-state index in [1.54, 1.807) is 0 Å². The van der Waals surface area contributed by atoms with Crippen molar-refractivity contribution in [2.75, 3.05) is 5.88 Å². The Morgan fingerprint density at radius 1 is 2.00 bits per heavy atom. The second kappa shape index (κ2) is 2.91. The van der Waals surface area contributed by atoms with Crippen LogP contribution in [0.2, 0.25) is 0 Å². The van der Waals surface area contributed by atoms with E-state index in [2.05, 4.69) is 15.9 Å². The van der Waals surface area contributed by atoms with Crippen LogP contribution in [-0.2, 0) is 0 Å². The maximum atomic E-state index is 11.2. The molecule has 0 aliphatic rings. The maximum absolute atomic E-state index is 11.2. The van der Waals surface area contributed by atoms with Gasteiger partial charge in [-0.1, -0.05) is 15.9 Å². The molecule has 0 bridgehead atoms. The summed E-state index contributed by atoms with van der Waals surface area (Å²) in [4.78, 5) is 0. The minimum Gasteiger partial charge on any atom is -0.234 e. The van der Waals surface area contributed by atoms with Crippen molar-refractivity contribution in [2.45, 2.75) is 5.08 Å². The number of alkyl halides is 3. The Morgan fingerprint density at radius 3 is 2.20 bits per heavy atom. The van der Waals surface area contributed by atoms with Gasteiger partial charge in [0.15, 0.2) is 5.08 Å². The third-order valence-corrected chi connectivity index (χ3v) is 1.08. The molecule has 1 atom stereocenters. The summed E-state index contributed by atoms with van der Waals surface area (Å²) in [6.07, 6.45) is 0. The van der Waals surface area contributed by atoms with Crippen molar-refractivity contribution in [2.24, 2.45) is 0 Å². The van der Waals surface area contributed by atoms with Crippen LogP contribution in [0.3, 0.4) is 0 Å². The Kier molecular flexibility index (Phi) is 3.32. The van der Waals surface area contributed by atoms with Crippen molar-refractivity contribution in [3.05, 3.63) is 0 Å². The fourth-order valence-corrected chi connectivity index (χ4v) is 0. The van der Waals surface area contributed by atoms with Crippen LogP contribution in [0.5, 0.6) is 0 Å². The van der Waals surface area contributed by atoms with E-state index in [9.17, 15) is 4.39 Å². The molecular weight excluding hydrogens is 158 g/mol. The summed E-state index contributed by atoms with van der Waals surface area (Å²) in [5, 5.41) is -1.04. The molecule has 0 spiro atoms. The Bertz CT molecular complexity index is 23.6.